The number of hydrogen-bond donors (Lipinski definition) is 0. The Morgan fingerprint density at radius 3 is 2.64 bits per heavy atom. The van der Waals surface area contributed by atoms with E-state index in [0.29, 0.717) is 25.0 Å². The lowest BCUT2D eigenvalue weighted by Crippen LogP contribution is -2.37. The SMILES string of the molecule is Cc1ccccc1OCCCCn1c(C2CC(=O)N(C3CCCCC3)C2)nc2ccccc21. The standard InChI is InChI=1S/C28H35N3O2/c1-21-11-5-8-16-26(21)33-18-10-9-17-30-25-15-7-6-14-24(25)29-28(30)22-19-27(32)31(20-22)23-12-3-2-4-13-23/h5-8,11,14-16,22-23H,2-4,9-10,12-13,17-20H2,1H3. The van der Waals surface area contributed by atoms with Crippen molar-refractivity contribution >= 4 is 16.9 Å². The number of ether oxygens (including phenoxy) is 1. The average Bonchev–Trinajstić information content (AvgIpc) is 3.41. The van der Waals surface area contributed by atoms with Crippen LogP contribution in [0.3, 0.4) is 0 Å². The quantitative estimate of drug-likeness (QED) is 0.409. The minimum absolute atomic E-state index is 0.190. The maximum absolute atomic E-state index is 12.9. The molecule has 1 unspecified atom stereocenters. The summed E-state index contributed by atoms with van der Waals surface area (Å²) in [6.45, 7) is 4.52. The molecule has 1 aromatic heterocycles. The predicted molar refractivity (Wildman–Crippen MR) is 132 cm³/mol. The van der Waals surface area contributed by atoms with Crippen molar-refractivity contribution in [1.82, 2.24) is 14.5 Å². The van der Waals surface area contributed by atoms with Gasteiger partial charge in [0.25, 0.3) is 0 Å². The zero-order valence-electron chi connectivity index (χ0n) is 19.7. The molecule has 33 heavy (non-hydrogen) atoms. The summed E-state index contributed by atoms with van der Waals surface area (Å²) in [5, 5.41) is 0. The summed E-state index contributed by atoms with van der Waals surface area (Å²) < 4.78 is 8.36. The number of likely N-dealkylation sites (tertiary alicyclic amines) is 1. The molecule has 3 aromatic rings. The first kappa shape index (κ1) is 22.0. The normalized spacial score (nSPS) is 19.5. The average molecular weight is 446 g/mol. The van der Waals surface area contributed by atoms with Gasteiger partial charge in [0.2, 0.25) is 5.91 Å². The second kappa shape index (κ2) is 9.98. The Balaban J connectivity index is 1.26. The van der Waals surface area contributed by atoms with Gasteiger partial charge in [-0.2, -0.15) is 0 Å². The largest absolute Gasteiger partial charge is 0.493 e. The Hall–Kier alpha value is -2.82. The fourth-order valence-corrected chi connectivity index (χ4v) is 5.56. The van der Waals surface area contributed by atoms with Crippen molar-refractivity contribution in [1.29, 1.82) is 0 Å². The van der Waals surface area contributed by atoms with Crippen LogP contribution >= 0.6 is 0 Å². The van der Waals surface area contributed by atoms with E-state index in [0.717, 1.165) is 55.9 Å². The van der Waals surface area contributed by atoms with Gasteiger partial charge in [0.15, 0.2) is 0 Å². The molecule has 5 rings (SSSR count). The molecule has 2 aromatic carbocycles. The van der Waals surface area contributed by atoms with Crippen molar-refractivity contribution in [2.45, 2.75) is 76.8 Å². The Kier molecular flexibility index (Phi) is 6.65. The highest BCUT2D eigenvalue weighted by Crippen LogP contribution is 2.34. The summed E-state index contributed by atoms with van der Waals surface area (Å²) in [6.07, 6.45) is 8.74. The summed E-state index contributed by atoms with van der Waals surface area (Å²) >= 11 is 0. The molecule has 1 aliphatic carbocycles. The first-order valence-electron chi connectivity index (χ1n) is 12.6. The third-order valence-corrected chi connectivity index (χ3v) is 7.35. The molecule has 0 spiro atoms. The number of benzene rings is 2. The summed E-state index contributed by atoms with van der Waals surface area (Å²) in [6, 6.07) is 17.0. The number of hydrogen-bond acceptors (Lipinski definition) is 3. The Bertz CT molecular complexity index is 1100. The van der Waals surface area contributed by atoms with Crippen LogP contribution in [0.4, 0.5) is 0 Å². The fourth-order valence-electron chi connectivity index (χ4n) is 5.56. The van der Waals surface area contributed by atoms with Crippen molar-refractivity contribution in [2.75, 3.05) is 13.2 Å². The van der Waals surface area contributed by atoms with Gasteiger partial charge in [-0.1, -0.05) is 49.6 Å². The van der Waals surface area contributed by atoms with Crippen molar-refractivity contribution in [3.05, 3.63) is 59.9 Å². The summed E-state index contributed by atoms with van der Waals surface area (Å²) in [5.74, 6) is 2.56. The van der Waals surface area contributed by atoms with Crippen LogP contribution in [-0.4, -0.2) is 39.6 Å². The predicted octanol–water partition coefficient (Wildman–Crippen LogP) is 5.85. The first-order valence-corrected chi connectivity index (χ1v) is 12.6. The Morgan fingerprint density at radius 1 is 1.00 bits per heavy atom. The highest BCUT2D eigenvalue weighted by atomic mass is 16.5. The summed E-state index contributed by atoms with van der Waals surface area (Å²) in [5.41, 5.74) is 3.39. The number of para-hydroxylation sites is 3. The lowest BCUT2D eigenvalue weighted by atomic mass is 9.94. The molecule has 2 aliphatic rings. The second-order valence-electron chi connectivity index (χ2n) is 9.67. The number of fused-ring (bicyclic) bond motifs is 1. The van der Waals surface area contributed by atoms with Crippen LogP contribution in [0.15, 0.2) is 48.5 Å². The maximum Gasteiger partial charge on any atom is 0.223 e. The molecule has 5 nitrogen and oxygen atoms in total. The Labute approximate surface area is 196 Å². The zero-order chi connectivity index (χ0) is 22.6. The number of amides is 1. The molecule has 2 heterocycles. The van der Waals surface area contributed by atoms with E-state index in [1.807, 2.05) is 24.3 Å². The number of carbonyl (C=O) groups is 1. The maximum atomic E-state index is 12.9. The number of aromatic nitrogens is 2. The molecule has 1 saturated heterocycles. The highest BCUT2D eigenvalue weighted by Gasteiger charge is 2.37. The number of rotatable bonds is 8. The van der Waals surface area contributed by atoms with Crippen LogP contribution < -0.4 is 4.74 Å². The van der Waals surface area contributed by atoms with Gasteiger partial charge in [-0.05, 0) is 56.4 Å². The van der Waals surface area contributed by atoms with Crippen LogP contribution in [-0.2, 0) is 11.3 Å². The molecule has 174 valence electrons. The molecule has 0 N–H and O–H groups in total. The van der Waals surface area contributed by atoms with Crippen LogP contribution in [0, 0.1) is 6.92 Å². The van der Waals surface area contributed by atoms with Gasteiger partial charge < -0.3 is 14.2 Å². The van der Waals surface area contributed by atoms with Crippen molar-refractivity contribution in [3.8, 4) is 5.75 Å². The molecule has 5 heteroatoms. The highest BCUT2D eigenvalue weighted by molar-refractivity contribution is 5.81. The van der Waals surface area contributed by atoms with Gasteiger partial charge in [0, 0.05) is 31.5 Å². The van der Waals surface area contributed by atoms with E-state index in [1.54, 1.807) is 0 Å². The molecule has 1 saturated carbocycles. The first-order chi connectivity index (χ1) is 16.2. The topological polar surface area (TPSA) is 47.4 Å². The zero-order valence-corrected chi connectivity index (χ0v) is 19.7. The van der Waals surface area contributed by atoms with Crippen molar-refractivity contribution < 1.29 is 9.53 Å². The molecule has 1 amide bonds. The molecular formula is C28H35N3O2. The molecule has 0 radical (unpaired) electrons. The van der Waals surface area contributed by atoms with Crippen molar-refractivity contribution in [2.24, 2.45) is 0 Å². The third-order valence-electron chi connectivity index (χ3n) is 7.35. The second-order valence-corrected chi connectivity index (χ2v) is 9.67. The molecule has 2 fully saturated rings. The molecule has 1 atom stereocenters. The van der Waals surface area contributed by atoms with Gasteiger partial charge in [-0.25, -0.2) is 4.98 Å². The molecular weight excluding hydrogens is 410 g/mol. The van der Waals surface area contributed by atoms with E-state index in [2.05, 4.69) is 40.7 Å². The lowest BCUT2D eigenvalue weighted by molar-refractivity contribution is -0.130. The minimum Gasteiger partial charge on any atom is -0.493 e. The monoisotopic (exact) mass is 445 g/mol. The van der Waals surface area contributed by atoms with E-state index in [4.69, 9.17) is 9.72 Å². The van der Waals surface area contributed by atoms with Crippen molar-refractivity contribution in [3.63, 3.8) is 0 Å². The number of nitrogens with zero attached hydrogens (tertiary/aromatic N) is 3. The number of aryl methyl sites for hydroxylation is 2. The Morgan fingerprint density at radius 2 is 1.79 bits per heavy atom. The molecule has 0 bridgehead atoms. The van der Waals surface area contributed by atoms with E-state index in [1.165, 1.54) is 30.3 Å². The van der Waals surface area contributed by atoms with Gasteiger partial charge in [0.05, 0.1) is 17.6 Å². The van der Waals surface area contributed by atoms with E-state index < -0.39 is 0 Å². The van der Waals surface area contributed by atoms with Gasteiger partial charge in [-0.15, -0.1) is 0 Å². The number of carbonyl (C=O) groups excluding carboxylic acids is 1. The number of imidazole rings is 1. The van der Waals surface area contributed by atoms with Gasteiger partial charge >= 0.3 is 0 Å². The summed E-state index contributed by atoms with van der Waals surface area (Å²) in [4.78, 5) is 20.1. The van der Waals surface area contributed by atoms with Crippen LogP contribution in [0.5, 0.6) is 5.75 Å². The van der Waals surface area contributed by atoms with Crippen LogP contribution in [0.1, 0.15) is 68.7 Å². The van der Waals surface area contributed by atoms with Gasteiger partial charge in [0.1, 0.15) is 11.6 Å². The minimum atomic E-state index is 0.190. The number of unbranched alkanes of at least 4 members (excludes halogenated alkanes) is 1. The van der Waals surface area contributed by atoms with E-state index in [-0.39, 0.29) is 5.92 Å². The van der Waals surface area contributed by atoms with Gasteiger partial charge in [-0.3, -0.25) is 4.79 Å². The van der Waals surface area contributed by atoms with E-state index >= 15 is 0 Å². The van der Waals surface area contributed by atoms with E-state index in [9.17, 15) is 4.79 Å². The van der Waals surface area contributed by atoms with Crippen LogP contribution in [0.25, 0.3) is 11.0 Å². The van der Waals surface area contributed by atoms with Crippen LogP contribution in [0.2, 0.25) is 0 Å². The molecule has 1 aliphatic heterocycles. The smallest absolute Gasteiger partial charge is 0.223 e. The third kappa shape index (κ3) is 4.78. The fraction of sp³-hybridized carbons (Fsp3) is 0.500. The lowest BCUT2D eigenvalue weighted by Gasteiger charge is -2.31. The summed E-state index contributed by atoms with van der Waals surface area (Å²) in [7, 11) is 0.